The lowest BCUT2D eigenvalue weighted by Crippen LogP contribution is -2.76. The molecule has 0 aromatic heterocycles. The summed E-state index contributed by atoms with van der Waals surface area (Å²) in [6.07, 6.45) is 1.27. The van der Waals surface area contributed by atoms with Crippen LogP contribution in [-0.4, -0.2) is 68.7 Å². The predicted octanol–water partition coefficient (Wildman–Crippen LogP) is 0.450. The zero-order valence-electron chi connectivity index (χ0n) is 16.5. The molecule has 6 nitrogen and oxygen atoms in total. The highest BCUT2D eigenvalue weighted by Crippen LogP contribution is 2.88. The minimum atomic E-state index is -1.20. The van der Waals surface area contributed by atoms with E-state index in [1.54, 1.807) is 0 Å². The van der Waals surface area contributed by atoms with E-state index < -0.39 is 29.1 Å². The Labute approximate surface area is 164 Å². The molecule has 3 heterocycles. The Kier molecular flexibility index (Phi) is 2.55. The molecule has 3 saturated heterocycles. The Balaban J connectivity index is 1.49. The molecule has 9 fully saturated rings. The van der Waals surface area contributed by atoms with Crippen LogP contribution in [-0.2, 0) is 9.53 Å². The van der Waals surface area contributed by atoms with Crippen molar-refractivity contribution in [1.29, 1.82) is 0 Å². The van der Waals surface area contributed by atoms with E-state index >= 15 is 0 Å². The van der Waals surface area contributed by atoms with Gasteiger partial charge in [-0.25, -0.2) is 0 Å². The maximum absolute atomic E-state index is 12.2. The highest BCUT2D eigenvalue weighted by molar-refractivity contribution is 5.66. The molecule has 9 unspecified atom stereocenters. The number of esters is 1. The van der Waals surface area contributed by atoms with Crippen LogP contribution < -0.4 is 0 Å². The van der Waals surface area contributed by atoms with Gasteiger partial charge in [-0.1, -0.05) is 19.1 Å². The lowest BCUT2D eigenvalue weighted by atomic mass is 9.39. The number of carbonyl (C=O) groups is 1. The van der Waals surface area contributed by atoms with Gasteiger partial charge in [-0.05, 0) is 37.0 Å². The van der Waals surface area contributed by atoms with Crippen molar-refractivity contribution >= 4 is 5.97 Å². The topological polar surface area (TPSA) is 90.2 Å². The number of fused-ring (bicyclic) bond motifs is 1. The molecular weight excluding hydrogens is 358 g/mol. The Hall–Kier alpha value is -0.950. The van der Waals surface area contributed by atoms with Crippen molar-refractivity contribution in [2.75, 3.05) is 6.54 Å². The zero-order chi connectivity index (χ0) is 19.6. The number of hydrogen-bond donors (Lipinski definition) is 3. The zero-order valence-corrected chi connectivity index (χ0v) is 16.5. The largest absolute Gasteiger partial charge is 0.463 e. The van der Waals surface area contributed by atoms with Gasteiger partial charge in [-0.2, -0.15) is 0 Å². The molecule has 6 heteroatoms. The third-order valence-corrected chi connectivity index (χ3v) is 10.6. The standard InChI is InChI=1S/C22H29NO5/c1-9-4-20-7-12-15-19(3)5-11(28-10(2)24)6-21(15)16(20)14(25)13(9)17(26)22(20,27)18(21)23(12)8-19/h11-18,25-27H,1,4-8H2,2-3H3/t11-,12?,13?,14+,15?,16?,17-,18?,19-,20?,21?,22?/m0/s1. The number of ether oxygens (including phenoxy) is 1. The van der Waals surface area contributed by atoms with Crippen LogP contribution >= 0.6 is 0 Å². The molecule has 0 aromatic rings. The van der Waals surface area contributed by atoms with Gasteiger partial charge >= 0.3 is 5.97 Å². The van der Waals surface area contributed by atoms with Gasteiger partial charge in [0, 0.05) is 48.2 Å². The van der Waals surface area contributed by atoms with Gasteiger partial charge in [0.25, 0.3) is 0 Å². The summed E-state index contributed by atoms with van der Waals surface area (Å²) in [4.78, 5) is 14.3. The molecule has 0 aromatic carbocycles. The molecule has 0 amide bonds. The van der Waals surface area contributed by atoms with Crippen molar-refractivity contribution in [3.05, 3.63) is 12.2 Å². The van der Waals surface area contributed by atoms with E-state index in [1.807, 2.05) is 0 Å². The van der Waals surface area contributed by atoms with E-state index in [4.69, 9.17) is 4.74 Å². The summed E-state index contributed by atoms with van der Waals surface area (Å²) in [5.41, 5.74) is -1.07. The van der Waals surface area contributed by atoms with E-state index in [9.17, 15) is 20.1 Å². The van der Waals surface area contributed by atoms with E-state index in [-0.39, 0.29) is 34.9 Å². The van der Waals surface area contributed by atoms with Crippen LogP contribution in [0, 0.1) is 34.0 Å². The van der Waals surface area contributed by atoms with Gasteiger partial charge < -0.3 is 20.1 Å². The lowest BCUT2D eigenvalue weighted by Gasteiger charge is -2.67. The van der Waals surface area contributed by atoms with Crippen molar-refractivity contribution in [2.45, 2.75) is 75.5 Å². The van der Waals surface area contributed by atoms with Gasteiger partial charge in [0.1, 0.15) is 11.7 Å². The summed E-state index contributed by atoms with van der Waals surface area (Å²) in [5, 5.41) is 35.1. The minimum Gasteiger partial charge on any atom is -0.463 e. The first-order chi connectivity index (χ1) is 13.1. The molecule has 28 heavy (non-hydrogen) atoms. The van der Waals surface area contributed by atoms with Gasteiger partial charge in [-0.15, -0.1) is 0 Å². The Bertz CT molecular complexity index is 860. The molecule has 13 atom stereocenters. The van der Waals surface area contributed by atoms with E-state index in [1.165, 1.54) is 6.92 Å². The average molecular weight is 387 g/mol. The first-order valence-electron chi connectivity index (χ1n) is 10.8. The molecule has 9 rings (SSSR count). The predicted molar refractivity (Wildman–Crippen MR) is 97.9 cm³/mol. The Morgan fingerprint density at radius 1 is 1.25 bits per heavy atom. The maximum atomic E-state index is 12.2. The van der Waals surface area contributed by atoms with Gasteiger partial charge in [-0.3, -0.25) is 9.69 Å². The normalized spacial score (nSPS) is 69.3. The highest BCUT2D eigenvalue weighted by atomic mass is 16.5. The van der Waals surface area contributed by atoms with Crippen LogP contribution in [0.1, 0.15) is 39.5 Å². The number of nitrogens with zero attached hydrogens (tertiary/aromatic N) is 1. The van der Waals surface area contributed by atoms with Gasteiger partial charge in [0.15, 0.2) is 0 Å². The fourth-order valence-electron chi connectivity index (χ4n) is 11.0. The second-order valence-corrected chi connectivity index (χ2v) is 11.5. The number of aliphatic hydroxyl groups excluding tert-OH is 2. The fourth-order valence-corrected chi connectivity index (χ4v) is 11.0. The Morgan fingerprint density at radius 3 is 2.71 bits per heavy atom. The summed E-state index contributed by atoms with van der Waals surface area (Å²) in [7, 11) is 0. The fraction of sp³-hybridized carbons (Fsp3) is 0.864. The molecule has 152 valence electrons. The molecule has 3 N–H and O–H groups in total. The molecule has 0 radical (unpaired) electrons. The van der Waals surface area contributed by atoms with Crippen LogP contribution in [0.4, 0.5) is 0 Å². The van der Waals surface area contributed by atoms with Crippen molar-refractivity contribution in [3.8, 4) is 0 Å². The molecule has 3 aliphatic heterocycles. The smallest absolute Gasteiger partial charge is 0.302 e. The van der Waals surface area contributed by atoms with Crippen molar-refractivity contribution < 1.29 is 24.9 Å². The highest BCUT2D eigenvalue weighted by Gasteiger charge is 2.94. The van der Waals surface area contributed by atoms with Crippen molar-refractivity contribution in [1.82, 2.24) is 4.90 Å². The quantitative estimate of drug-likeness (QED) is 0.447. The van der Waals surface area contributed by atoms with E-state index in [0.717, 1.165) is 25.0 Å². The number of hydrogen-bond acceptors (Lipinski definition) is 6. The molecule has 9 bridgehead atoms. The minimum absolute atomic E-state index is 0.0237. The number of aliphatic hydroxyl groups is 3. The monoisotopic (exact) mass is 387 g/mol. The number of carbonyl (C=O) groups excluding carboxylic acids is 1. The van der Waals surface area contributed by atoms with Crippen LogP contribution in [0.15, 0.2) is 12.2 Å². The van der Waals surface area contributed by atoms with Crippen LogP contribution in [0.5, 0.6) is 0 Å². The first kappa shape index (κ1) is 16.8. The van der Waals surface area contributed by atoms with Gasteiger partial charge in [0.05, 0.1) is 12.2 Å². The SMILES string of the molecule is C=C1CC23CC4C5C67C[C@@H](OC(C)=O)C[C@@]5(C)CN4C6C2(O)[C@@H](O)C1[C@@H](O)C73. The molecule has 6 saturated carbocycles. The summed E-state index contributed by atoms with van der Waals surface area (Å²) >= 11 is 0. The van der Waals surface area contributed by atoms with Crippen molar-refractivity contribution in [3.63, 3.8) is 0 Å². The molecular formula is C22H29NO5. The second-order valence-electron chi connectivity index (χ2n) is 11.5. The summed E-state index contributed by atoms with van der Waals surface area (Å²) in [5.74, 6) is -0.379. The van der Waals surface area contributed by atoms with Crippen LogP contribution in [0.2, 0.25) is 0 Å². The van der Waals surface area contributed by atoms with Gasteiger partial charge in [0.2, 0.25) is 0 Å². The van der Waals surface area contributed by atoms with E-state index in [0.29, 0.717) is 24.8 Å². The maximum Gasteiger partial charge on any atom is 0.302 e. The number of rotatable bonds is 1. The summed E-state index contributed by atoms with van der Waals surface area (Å²) < 4.78 is 5.75. The lowest BCUT2D eigenvalue weighted by molar-refractivity contribution is -0.280. The van der Waals surface area contributed by atoms with Crippen molar-refractivity contribution in [2.24, 2.45) is 34.0 Å². The molecule has 9 aliphatic rings. The third kappa shape index (κ3) is 1.26. The summed E-state index contributed by atoms with van der Waals surface area (Å²) in [6.45, 7) is 8.85. The average Bonchev–Trinajstić information content (AvgIpc) is 2.97. The Morgan fingerprint density at radius 2 is 2.00 bits per heavy atom. The third-order valence-electron chi connectivity index (χ3n) is 10.6. The van der Waals surface area contributed by atoms with Crippen LogP contribution in [0.25, 0.3) is 0 Å². The number of piperidine rings is 2. The summed E-state index contributed by atoms with van der Waals surface area (Å²) in [6, 6.07) is 0.245. The van der Waals surface area contributed by atoms with E-state index in [2.05, 4.69) is 18.4 Å². The van der Waals surface area contributed by atoms with Crippen LogP contribution in [0.3, 0.4) is 0 Å². The first-order valence-corrected chi connectivity index (χ1v) is 10.8. The second kappa shape index (κ2) is 4.25. The molecule has 2 spiro atoms. The molecule has 6 aliphatic carbocycles.